The number of benzene rings is 2. The fourth-order valence-electron chi connectivity index (χ4n) is 7.00. The predicted octanol–water partition coefficient (Wildman–Crippen LogP) is 7.54. The number of hydrogen-bond acceptors (Lipinski definition) is 7. The lowest BCUT2D eigenvalue weighted by Gasteiger charge is -2.30. The Morgan fingerprint density at radius 3 is 2.33 bits per heavy atom. The molecule has 2 aromatic carbocycles. The Labute approximate surface area is 237 Å². The second-order valence-corrected chi connectivity index (χ2v) is 13.3. The Balaban J connectivity index is 1.61. The highest BCUT2D eigenvalue weighted by atomic mass is 16.6. The maximum atomic E-state index is 13.8. The van der Waals surface area contributed by atoms with Crippen LogP contribution >= 0.6 is 0 Å². The number of hydrogen-bond donors (Lipinski definition) is 1. The van der Waals surface area contributed by atoms with Crippen LogP contribution in [0.2, 0.25) is 0 Å². The topological polar surface area (TPSA) is 91.3 Å². The Hall–Kier alpha value is -3.06. The van der Waals surface area contributed by atoms with E-state index in [2.05, 4.69) is 6.92 Å². The van der Waals surface area contributed by atoms with E-state index in [9.17, 15) is 14.7 Å². The summed E-state index contributed by atoms with van der Waals surface area (Å²) in [6, 6.07) is 5.29. The van der Waals surface area contributed by atoms with Crippen molar-refractivity contribution >= 4 is 11.9 Å². The molecule has 1 heterocycles. The third kappa shape index (κ3) is 4.66. The Morgan fingerprint density at radius 1 is 1.12 bits per heavy atom. The van der Waals surface area contributed by atoms with Crippen molar-refractivity contribution in [2.24, 2.45) is 22.7 Å². The zero-order valence-corrected chi connectivity index (χ0v) is 25.0. The number of carbonyl (C=O) groups is 2. The first-order valence-corrected chi connectivity index (χ1v) is 14.4. The molecule has 5 rings (SSSR count). The predicted molar refractivity (Wildman–Crippen MR) is 151 cm³/mol. The van der Waals surface area contributed by atoms with E-state index in [1.165, 1.54) is 7.11 Å². The van der Waals surface area contributed by atoms with Crippen LogP contribution in [0.5, 0.6) is 23.0 Å². The summed E-state index contributed by atoms with van der Waals surface area (Å²) < 4.78 is 24.4. The van der Waals surface area contributed by atoms with Crippen LogP contribution in [0.1, 0.15) is 112 Å². The lowest BCUT2D eigenvalue weighted by Crippen LogP contribution is -2.36. The molecule has 7 heteroatoms. The normalized spacial score (nSPS) is 26.1. The van der Waals surface area contributed by atoms with E-state index in [0.717, 1.165) is 36.8 Å². The molecule has 0 aromatic heterocycles. The number of esters is 2. The molecular weight excluding hydrogens is 508 g/mol. The van der Waals surface area contributed by atoms with Crippen LogP contribution in [0.15, 0.2) is 18.2 Å². The molecule has 216 valence electrons. The van der Waals surface area contributed by atoms with E-state index >= 15 is 0 Å². The second-order valence-electron chi connectivity index (χ2n) is 13.3. The summed E-state index contributed by atoms with van der Waals surface area (Å²) in [4.78, 5) is 27.3. The lowest BCUT2D eigenvalue weighted by atomic mass is 9.79. The number of rotatable bonds is 5. The van der Waals surface area contributed by atoms with Crippen molar-refractivity contribution in [3.63, 3.8) is 0 Å². The molecule has 2 saturated carbocycles. The van der Waals surface area contributed by atoms with Gasteiger partial charge in [0.1, 0.15) is 23.2 Å². The summed E-state index contributed by atoms with van der Waals surface area (Å²) in [5, 5.41) is 11.0. The van der Waals surface area contributed by atoms with E-state index in [1.807, 2.05) is 40.7 Å². The molecule has 1 N–H and O–H groups in total. The zero-order chi connectivity index (χ0) is 29.1. The number of cyclic esters (lactones) is 1. The molecule has 3 aliphatic rings. The average Bonchev–Trinajstić information content (AvgIpc) is 3.38. The standard InChI is InChI=1S/C33H42O7/c1-17-15-23-19(3)38-30(35)26-25(14-13-22(28(26)37-8)24(34)16-32(4,5)6)39-29(23)27(18(17)2)40-31(36)33(7)20-9-10-21(33)12-11-20/h13-15,19-21,24,34H,9-12,16H2,1-8H3/t19?,20?,21?,24-,33?/m0/s1. The summed E-state index contributed by atoms with van der Waals surface area (Å²) in [5.41, 5.74) is 2.26. The summed E-state index contributed by atoms with van der Waals surface area (Å²) in [7, 11) is 1.46. The number of methoxy groups -OCH3 is 1. The zero-order valence-electron chi connectivity index (χ0n) is 25.0. The van der Waals surface area contributed by atoms with Gasteiger partial charge in [-0.1, -0.05) is 20.8 Å². The molecular formula is C33H42O7. The first-order valence-electron chi connectivity index (χ1n) is 14.4. The van der Waals surface area contributed by atoms with Gasteiger partial charge in [-0.25, -0.2) is 4.79 Å². The summed E-state index contributed by atoms with van der Waals surface area (Å²) in [6.07, 6.45) is 3.16. The third-order valence-corrected chi connectivity index (χ3v) is 9.49. The number of ether oxygens (including phenoxy) is 4. The van der Waals surface area contributed by atoms with E-state index in [1.54, 1.807) is 19.1 Å². The van der Waals surface area contributed by atoms with Crippen LogP contribution in [0.3, 0.4) is 0 Å². The number of aliphatic hydroxyl groups excluding tert-OH is 1. The number of carbonyl (C=O) groups excluding carboxylic acids is 2. The Kier molecular flexibility index (Phi) is 7.18. The Bertz CT molecular complexity index is 1330. The molecule has 1 aliphatic heterocycles. The van der Waals surface area contributed by atoms with Crippen LogP contribution in [0.25, 0.3) is 0 Å². The van der Waals surface area contributed by atoms with Gasteiger partial charge in [-0.2, -0.15) is 0 Å². The third-order valence-electron chi connectivity index (χ3n) is 9.49. The van der Waals surface area contributed by atoms with Crippen molar-refractivity contribution in [1.29, 1.82) is 0 Å². The van der Waals surface area contributed by atoms with Crippen molar-refractivity contribution < 1.29 is 33.6 Å². The molecule has 2 fully saturated rings. The number of aliphatic hydroxyl groups is 1. The highest BCUT2D eigenvalue weighted by Crippen LogP contribution is 2.59. The van der Waals surface area contributed by atoms with Crippen molar-refractivity contribution in [3.8, 4) is 23.0 Å². The monoisotopic (exact) mass is 550 g/mol. The first kappa shape index (κ1) is 28.5. The van der Waals surface area contributed by atoms with E-state index in [-0.39, 0.29) is 28.4 Å². The van der Waals surface area contributed by atoms with Gasteiger partial charge >= 0.3 is 11.9 Å². The minimum atomic E-state index is -0.855. The maximum Gasteiger partial charge on any atom is 0.346 e. The highest BCUT2D eigenvalue weighted by Gasteiger charge is 2.57. The van der Waals surface area contributed by atoms with E-state index in [0.29, 0.717) is 40.9 Å². The molecule has 7 nitrogen and oxygen atoms in total. The van der Waals surface area contributed by atoms with Crippen molar-refractivity contribution in [2.75, 3.05) is 7.11 Å². The van der Waals surface area contributed by atoms with Crippen molar-refractivity contribution in [3.05, 3.63) is 46.0 Å². The van der Waals surface area contributed by atoms with Gasteiger partial charge in [0.05, 0.1) is 18.6 Å². The average molecular weight is 551 g/mol. The van der Waals surface area contributed by atoms with Crippen LogP contribution in [0.4, 0.5) is 0 Å². The van der Waals surface area contributed by atoms with Crippen LogP contribution < -0.4 is 14.2 Å². The molecule has 2 bridgehead atoms. The second kappa shape index (κ2) is 10.1. The molecule has 2 aliphatic carbocycles. The molecule has 2 atom stereocenters. The van der Waals surface area contributed by atoms with Gasteiger partial charge in [-0.05, 0) is 106 Å². The van der Waals surface area contributed by atoms with Gasteiger partial charge < -0.3 is 24.1 Å². The SMILES string of the molecule is COc1c([C@@H](O)CC(C)(C)C)ccc2c1C(=O)OC(C)c1cc(C)c(C)c(OC(=O)C3(C)C4CCC3CC4)c1O2. The summed E-state index contributed by atoms with van der Waals surface area (Å²) in [6.45, 7) is 13.8. The number of aryl methyl sites for hydroxylation is 1. The lowest BCUT2D eigenvalue weighted by molar-refractivity contribution is -0.147. The van der Waals surface area contributed by atoms with Gasteiger partial charge in [0, 0.05) is 11.1 Å². The van der Waals surface area contributed by atoms with E-state index < -0.39 is 23.6 Å². The fraction of sp³-hybridized carbons (Fsp3) is 0.576. The van der Waals surface area contributed by atoms with Gasteiger partial charge in [0.15, 0.2) is 11.5 Å². The first-order chi connectivity index (χ1) is 18.8. The minimum absolute atomic E-state index is 0.0989. The fourth-order valence-corrected chi connectivity index (χ4v) is 7.00. The largest absolute Gasteiger partial charge is 0.495 e. The van der Waals surface area contributed by atoms with Crippen LogP contribution in [-0.2, 0) is 9.53 Å². The minimum Gasteiger partial charge on any atom is -0.495 e. The van der Waals surface area contributed by atoms with Crippen LogP contribution in [0, 0.1) is 36.5 Å². The van der Waals surface area contributed by atoms with Gasteiger partial charge in [0.25, 0.3) is 0 Å². The van der Waals surface area contributed by atoms with Crippen LogP contribution in [-0.4, -0.2) is 24.2 Å². The number of fused-ring (bicyclic) bond motifs is 4. The van der Waals surface area contributed by atoms with E-state index in [4.69, 9.17) is 18.9 Å². The summed E-state index contributed by atoms with van der Waals surface area (Å²) in [5.74, 6) is 0.989. The van der Waals surface area contributed by atoms with Crippen molar-refractivity contribution in [1.82, 2.24) is 0 Å². The molecule has 0 spiro atoms. The molecule has 2 aromatic rings. The molecule has 0 radical (unpaired) electrons. The Morgan fingerprint density at radius 2 is 1.75 bits per heavy atom. The molecule has 0 amide bonds. The molecule has 40 heavy (non-hydrogen) atoms. The maximum absolute atomic E-state index is 13.8. The molecule has 0 saturated heterocycles. The smallest absolute Gasteiger partial charge is 0.346 e. The van der Waals surface area contributed by atoms with Gasteiger partial charge in [-0.3, -0.25) is 4.79 Å². The van der Waals surface area contributed by atoms with Gasteiger partial charge in [-0.15, -0.1) is 0 Å². The van der Waals surface area contributed by atoms with Gasteiger partial charge in [0.2, 0.25) is 0 Å². The summed E-state index contributed by atoms with van der Waals surface area (Å²) >= 11 is 0. The molecule has 1 unspecified atom stereocenters. The highest BCUT2D eigenvalue weighted by molar-refractivity contribution is 5.97. The van der Waals surface area contributed by atoms with Crippen molar-refractivity contribution in [2.45, 2.75) is 92.8 Å². The quantitative estimate of drug-likeness (QED) is 0.304.